The first kappa shape index (κ1) is 14.0. The van der Waals surface area contributed by atoms with Crippen LogP contribution < -0.4 is 10.8 Å². The molecule has 5 nitrogen and oxygen atoms in total. The van der Waals surface area contributed by atoms with Crippen molar-refractivity contribution in [3.8, 4) is 0 Å². The lowest BCUT2D eigenvalue weighted by molar-refractivity contribution is 0.0711. The molecule has 1 aromatic heterocycles. The van der Waals surface area contributed by atoms with Gasteiger partial charge >= 0.3 is 0 Å². The van der Waals surface area contributed by atoms with Gasteiger partial charge in [0.25, 0.3) is 11.8 Å². The SMILES string of the molecule is O=C(NO)c1ccc(C(=O)Nc2cccc(I)c2)s1. The first-order valence-electron chi connectivity index (χ1n) is 5.21. The van der Waals surface area contributed by atoms with E-state index in [0.29, 0.717) is 10.6 Å². The van der Waals surface area contributed by atoms with Gasteiger partial charge in [-0.2, -0.15) is 0 Å². The lowest BCUT2D eigenvalue weighted by Gasteiger charge is -2.03. The molecule has 0 aliphatic rings. The van der Waals surface area contributed by atoms with Gasteiger partial charge < -0.3 is 5.32 Å². The third-order valence-electron chi connectivity index (χ3n) is 2.24. The Labute approximate surface area is 126 Å². The Bertz CT molecular complexity index is 627. The molecular formula is C12H9IN2O3S. The van der Waals surface area contributed by atoms with Crippen LogP contribution in [0.25, 0.3) is 0 Å². The fourth-order valence-electron chi connectivity index (χ4n) is 1.40. The number of carbonyl (C=O) groups is 2. The molecule has 0 fully saturated rings. The maximum Gasteiger partial charge on any atom is 0.284 e. The van der Waals surface area contributed by atoms with Crippen LogP contribution in [-0.2, 0) is 0 Å². The second kappa shape index (κ2) is 6.13. The molecule has 1 aromatic carbocycles. The molecule has 0 spiro atoms. The quantitative estimate of drug-likeness (QED) is 0.430. The van der Waals surface area contributed by atoms with Crippen molar-refractivity contribution in [2.75, 3.05) is 5.32 Å². The molecule has 0 unspecified atom stereocenters. The van der Waals surface area contributed by atoms with E-state index in [-0.39, 0.29) is 10.8 Å². The van der Waals surface area contributed by atoms with Gasteiger partial charge in [0.2, 0.25) is 0 Å². The van der Waals surface area contributed by atoms with Crippen molar-refractivity contribution in [3.63, 3.8) is 0 Å². The van der Waals surface area contributed by atoms with Crippen molar-refractivity contribution in [2.45, 2.75) is 0 Å². The van der Waals surface area contributed by atoms with Crippen molar-refractivity contribution < 1.29 is 14.8 Å². The number of thiophene rings is 1. The fraction of sp³-hybridized carbons (Fsp3) is 0. The average Bonchev–Trinajstić information content (AvgIpc) is 2.87. The van der Waals surface area contributed by atoms with Gasteiger partial charge in [0.1, 0.15) is 0 Å². The molecule has 19 heavy (non-hydrogen) atoms. The Hall–Kier alpha value is -1.45. The van der Waals surface area contributed by atoms with Crippen LogP contribution >= 0.6 is 33.9 Å². The van der Waals surface area contributed by atoms with Gasteiger partial charge in [-0.3, -0.25) is 14.8 Å². The average molecular weight is 388 g/mol. The van der Waals surface area contributed by atoms with E-state index >= 15 is 0 Å². The second-order valence-electron chi connectivity index (χ2n) is 3.57. The van der Waals surface area contributed by atoms with Crippen molar-refractivity contribution >= 4 is 51.4 Å². The molecule has 2 aromatic rings. The van der Waals surface area contributed by atoms with Crippen LogP contribution in [0.2, 0.25) is 0 Å². The molecule has 2 amide bonds. The summed E-state index contributed by atoms with van der Waals surface area (Å²) >= 11 is 3.17. The molecule has 3 N–H and O–H groups in total. The van der Waals surface area contributed by atoms with Crippen molar-refractivity contribution in [2.24, 2.45) is 0 Å². The molecule has 0 atom stereocenters. The molecule has 0 radical (unpaired) electrons. The van der Waals surface area contributed by atoms with Crippen LogP contribution in [0.15, 0.2) is 36.4 Å². The fourth-order valence-corrected chi connectivity index (χ4v) is 2.73. The van der Waals surface area contributed by atoms with Gasteiger partial charge in [-0.25, -0.2) is 5.48 Å². The number of hydrogen-bond acceptors (Lipinski definition) is 4. The normalized spacial score (nSPS) is 10.0. The third kappa shape index (κ3) is 3.52. The number of rotatable bonds is 3. The maximum absolute atomic E-state index is 12.0. The summed E-state index contributed by atoms with van der Waals surface area (Å²) in [6, 6.07) is 10.4. The molecule has 0 saturated carbocycles. The highest BCUT2D eigenvalue weighted by Crippen LogP contribution is 2.19. The van der Waals surface area contributed by atoms with Crippen LogP contribution in [0.1, 0.15) is 19.3 Å². The molecule has 0 aliphatic carbocycles. The third-order valence-corrected chi connectivity index (χ3v) is 3.99. The summed E-state index contributed by atoms with van der Waals surface area (Å²) in [5.74, 6) is -0.915. The van der Waals surface area contributed by atoms with E-state index in [0.717, 1.165) is 14.9 Å². The Balaban J connectivity index is 2.12. The van der Waals surface area contributed by atoms with Gasteiger partial charge in [0, 0.05) is 9.26 Å². The minimum atomic E-state index is -0.627. The van der Waals surface area contributed by atoms with Crippen LogP contribution in [0, 0.1) is 3.57 Å². The summed E-state index contributed by atoms with van der Waals surface area (Å²) in [6.45, 7) is 0. The molecule has 7 heteroatoms. The maximum atomic E-state index is 12.0. The minimum Gasteiger partial charge on any atom is -0.321 e. The molecular weight excluding hydrogens is 379 g/mol. The van der Waals surface area contributed by atoms with E-state index in [1.165, 1.54) is 11.5 Å². The number of hydrogen-bond donors (Lipinski definition) is 3. The highest BCUT2D eigenvalue weighted by atomic mass is 127. The number of halogens is 1. The topological polar surface area (TPSA) is 78.4 Å². The molecule has 2 rings (SSSR count). The largest absolute Gasteiger partial charge is 0.321 e. The number of benzene rings is 1. The smallest absolute Gasteiger partial charge is 0.284 e. The summed E-state index contributed by atoms with van der Waals surface area (Å²) in [4.78, 5) is 23.8. The predicted molar refractivity (Wildman–Crippen MR) is 80.7 cm³/mol. The summed E-state index contributed by atoms with van der Waals surface area (Å²) < 4.78 is 1.02. The van der Waals surface area contributed by atoms with E-state index in [9.17, 15) is 9.59 Å². The van der Waals surface area contributed by atoms with Gasteiger partial charge in [-0.1, -0.05) is 6.07 Å². The van der Waals surface area contributed by atoms with Gasteiger partial charge in [0.05, 0.1) is 9.75 Å². The zero-order chi connectivity index (χ0) is 13.8. The van der Waals surface area contributed by atoms with Crippen LogP contribution in [-0.4, -0.2) is 17.0 Å². The Morgan fingerprint density at radius 2 is 1.79 bits per heavy atom. The van der Waals surface area contributed by atoms with Crippen LogP contribution in [0.5, 0.6) is 0 Å². The highest BCUT2D eigenvalue weighted by Gasteiger charge is 2.13. The predicted octanol–water partition coefficient (Wildman–Crippen LogP) is 2.72. The Morgan fingerprint density at radius 1 is 1.11 bits per heavy atom. The number of amides is 2. The molecule has 1 heterocycles. The minimum absolute atomic E-state index is 0.273. The molecule has 98 valence electrons. The highest BCUT2D eigenvalue weighted by molar-refractivity contribution is 14.1. The van der Waals surface area contributed by atoms with E-state index in [4.69, 9.17) is 5.21 Å². The molecule has 0 bridgehead atoms. The molecule has 0 aliphatic heterocycles. The van der Waals surface area contributed by atoms with Crippen molar-refractivity contribution in [1.82, 2.24) is 5.48 Å². The van der Waals surface area contributed by atoms with Crippen LogP contribution in [0.4, 0.5) is 5.69 Å². The van der Waals surface area contributed by atoms with Crippen LogP contribution in [0.3, 0.4) is 0 Å². The zero-order valence-corrected chi connectivity index (χ0v) is 12.5. The second-order valence-corrected chi connectivity index (χ2v) is 5.90. The number of hydroxylamine groups is 1. The zero-order valence-electron chi connectivity index (χ0n) is 9.51. The standard InChI is InChI=1S/C12H9IN2O3S/c13-7-2-1-3-8(6-7)14-11(16)9-4-5-10(19-9)12(17)15-18/h1-6,18H,(H,14,16)(H,15,17). The first-order valence-corrected chi connectivity index (χ1v) is 7.11. The molecule has 0 saturated heterocycles. The lowest BCUT2D eigenvalue weighted by Crippen LogP contribution is -2.17. The summed E-state index contributed by atoms with van der Waals surface area (Å²) in [6.07, 6.45) is 0. The van der Waals surface area contributed by atoms with Gasteiger partial charge in [-0.05, 0) is 52.9 Å². The van der Waals surface area contributed by atoms with E-state index in [1.54, 1.807) is 12.1 Å². The van der Waals surface area contributed by atoms with Crippen molar-refractivity contribution in [1.29, 1.82) is 0 Å². The van der Waals surface area contributed by atoms with Gasteiger partial charge in [-0.15, -0.1) is 11.3 Å². The monoisotopic (exact) mass is 388 g/mol. The number of nitrogens with one attached hydrogen (secondary N) is 2. The Kier molecular flexibility index (Phi) is 4.51. The summed E-state index contributed by atoms with van der Waals surface area (Å²) in [5.41, 5.74) is 2.22. The van der Waals surface area contributed by atoms with E-state index in [1.807, 2.05) is 18.2 Å². The summed E-state index contributed by atoms with van der Waals surface area (Å²) in [5, 5.41) is 11.2. The van der Waals surface area contributed by atoms with E-state index in [2.05, 4.69) is 27.9 Å². The van der Waals surface area contributed by atoms with Crippen molar-refractivity contribution in [3.05, 3.63) is 49.7 Å². The number of carbonyl (C=O) groups excluding carboxylic acids is 2. The first-order chi connectivity index (χ1) is 9.10. The number of anilines is 1. The lowest BCUT2D eigenvalue weighted by atomic mass is 10.3. The van der Waals surface area contributed by atoms with E-state index < -0.39 is 5.91 Å². The van der Waals surface area contributed by atoms with Gasteiger partial charge in [0.15, 0.2) is 0 Å². The Morgan fingerprint density at radius 3 is 2.42 bits per heavy atom. The summed E-state index contributed by atoms with van der Waals surface area (Å²) in [7, 11) is 0.